The largest absolute Gasteiger partial charge is 0.341 e. The summed E-state index contributed by atoms with van der Waals surface area (Å²) in [6.07, 6.45) is 2.00. The number of carbonyl (C=O) groups is 2. The van der Waals surface area contributed by atoms with Crippen molar-refractivity contribution >= 4 is 29.3 Å². The molecule has 6 heteroatoms. The van der Waals surface area contributed by atoms with Crippen LogP contribution in [0.2, 0.25) is 0 Å². The second-order valence-electron chi connectivity index (χ2n) is 7.10. The number of thioether (sulfide) groups is 1. The van der Waals surface area contributed by atoms with Crippen molar-refractivity contribution < 1.29 is 9.59 Å². The van der Waals surface area contributed by atoms with Gasteiger partial charge >= 0.3 is 0 Å². The third-order valence-corrected chi connectivity index (χ3v) is 6.32. The number of para-hydroxylation sites is 1. The van der Waals surface area contributed by atoms with Crippen molar-refractivity contribution in [3.8, 4) is 0 Å². The molecular formula is C19H27N3O2S. The van der Waals surface area contributed by atoms with Gasteiger partial charge in [0.1, 0.15) is 6.54 Å². The number of hydrogen-bond donors (Lipinski definition) is 0. The number of anilines is 1. The van der Waals surface area contributed by atoms with Crippen LogP contribution in [0.25, 0.3) is 0 Å². The lowest BCUT2D eigenvalue weighted by Gasteiger charge is -2.39. The van der Waals surface area contributed by atoms with Gasteiger partial charge in [0.2, 0.25) is 11.8 Å². The number of likely N-dealkylation sites (N-methyl/N-ethyl adjacent to an activating group) is 1. The Kier molecular flexibility index (Phi) is 5.69. The lowest BCUT2D eigenvalue weighted by molar-refractivity contribution is -0.132. The topological polar surface area (TPSA) is 43.9 Å². The van der Waals surface area contributed by atoms with Crippen molar-refractivity contribution in [2.75, 3.05) is 37.3 Å². The molecule has 1 saturated heterocycles. The minimum atomic E-state index is 0.0140. The fourth-order valence-electron chi connectivity index (χ4n) is 3.57. The SMILES string of the molecule is CC(C)N1CCC(N(C)C(=O)CN2C(=O)CSc3ccccc32)CC1. The summed E-state index contributed by atoms with van der Waals surface area (Å²) in [5, 5.41) is 0. The number of fused-ring (bicyclic) bond motifs is 1. The van der Waals surface area contributed by atoms with E-state index < -0.39 is 0 Å². The molecule has 0 bridgehead atoms. The molecule has 5 nitrogen and oxygen atoms in total. The molecule has 1 aromatic rings. The molecule has 25 heavy (non-hydrogen) atoms. The minimum Gasteiger partial charge on any atom is -0.341 e. The maximum absolute atomic E-state index is 12.8. The zero-order valence-corrected chi connectivity index (χ0v) is 16.1. The van der Waals surface area contributed by atoms with E-state index in [4.69, 9.17) is 0 Å². The normalized spacial score (nSPS) is 19.2. The first-order valence-corrected chi connectivity index (χ1v) is 9.98. The Balaban J connectivity index is 1.63. The molecule has 136 valence electrons. The molecule has 0 atom stereocenters. The Morgan fingerprint density at radius 1 is 1.28 bits per heavy atom. The molecule has 1 fully saturated rings. The van der Waals surface area contributed by atoms with Gasteiger partial charge in [0.15, 0.2) is 0 Å². The molecule has 0 aromatic heterocycles. The van der Waals surface area contributed by atoms with E-state index >= 15 is 0 Å². The van der Waals surface area contributed by atoms with Gasteiger partial charge < -0.3 is 14.7 Å². The van der Waals surface area contributed by atoms with Crippen LogP contribution in [0.1, 0.15) is 26.7 Å². The second-order valence-corrected chi connectivity index (χ2v) is 8.12. The smallest absolute Gasteiger partial charge is 0.242 e. The maximum atomic E-state index is 12.8. The van der Waals surface area contributed by atoms with Crippen LogP contribution in [0.5, 0.6) is 0 Å². The van der Waals surface area contributed by atoms with Gasteiger partial charge in [-0.15, -0.1) is 11.8 Å². The van der Waals surface area contributed by atoms with Crippen LogP contribution >= 0.6 is 11.8 Å². The summed E-state index contributed by atoms with van der Waals surface area (Å²) in [5.41, 5.74) is 0.861. The van der Waals surface area contributed by atoms with Crippen LogP contribution in [-0.2, 0) is 9.59 Å². The highest BCUT2D eigenvalue weighted by molar-refractivity contribution is 8.00. The van der Waals surface area contributed by atoms with Gasteiger partial charge in [0.05, 0.1) is 11.4 Å². The van der Waals surface area contributed by atoms with Gasteiger partial charge in [-0.25, -0.2) is 0 Å². The van der Waals surface area contributed by atoms with Crippen molar-refractivity contribution in [1.29, 1.82) is 0 Å². The van der Waals surface area contributed by atoms with E-state index in [1.54, 1.807) is 16.7 Å². The number of hydrogen-bond acceptors (Lipinski definition) is 4. The summed E-state index contributed by atoms with van der Waals surface area (Å²) in [5.74, 6) is 0.443. The predicted octanol–water partition coefficient (Wildman–Crippen LogP) is 2.46. The van der Waals surface area contributed by atoms with E-state index in [0.717, 1.165) is 36.5 Å². The van der Waals surface area contributed by atoms with Gasteiger partial charge in [0, 0.05) is 37.1 Å². The van der Waals surface area contributed by atoms with Crippen LogP contribution in [0.15, 0.2) is 29.2 Å². The summed E-state index contributed by atoms with van der Waals surface area (Å²) in [4.78, 5) is 32.2. The first kappa shape index (κ1) is 18.3. The van der Waals surface area contributed by atoms with E-state index in [1.165, 1.54) is 0 Å². The van der Waals surface area contributed by atoms with Crippen molar-refractivity contribution in [3.63, 3.8) is 0 Å². The minimum absolute atomic E-state index is 0.0140. The maximum Gasteiger partial charge on any atom is 0.242 e. The Hall–Kier alpha value is -1.53. The fourth-order valence-corrected chi connectivity index (χ4v) is 4.50. The van der Waals surface area contributed by atoms with Crippen molar-refractivity contribution in [2.45, 2.75) is 43.7 Å². The highest BCUT2D eigenvalue weighted by Crippen LogP contribution is 2.34. The van der Waals surface area contributed by atoms with Crippen LogP contribution in [0.3, 0.4) is 0 Å². The van der Waals surface area contributed by atoms with E-state index in [2.05, 4.69) is 18.7 Å². The molecular weight excluding hydrogens is 334 g/mol. The van der Waals surface area contributed by atoms with Crippen LogP contribution < -0.4 is 4.90 Å². The highest BCUT2D eigenvalue weighted by Gasteiger charge is 2.30. The van der Waals surface area contributed by atoms with Crippen LogP contribution in [0, 0.1) is 0 Å². The average molecular weight is 362 g/mol. The third-order valence-electron chi connectivity index (χ3n) is 5.27. The van der Waals surface area contributed by atoms with Gasteiger partial charge in [-0.3, -0.25) is 9.59 Å². The number of nitrogens with zero attached hydrogens (tertiary/aromatic N) is 3. The first-order valence-electron chi connectivity index (χ1n) is 8.99. The number of likely N-dealkylation sites (tertiary alicyclic amines) is 1. The molecule has 1 aromatic carbocycles. The monoisotopic (exact) mass is 361 g/mol. The van der Waals surface area contributed by atoms with Crippen molar-refractivity contribution in [1.82, 2.24) is 9.80 Å². The third kappa shape index (κ3) is 4.01. The molecule has 3 rings (SSSR count). The number of piperidine rings is 1. The summed E-state index contributed by atoms with van der Waals surface area (Å²) < 4.78 is 0. The summed E-state index contributed by atoms with van der Waals surface area (Å²) in [7, 11) is 1.88. The number of benzene rings is 1. The summed E-state index contributed by atoms with van der Waals surface area (Å²) in [6, 6.07) is 8.65. The second kappa shape index (κ2) is 7.79. The number of amides is 2. The van der Waals surface area contributed by atoms with Gasteiger partial charge in [-0.1, -0.05) is 12.1 Å². The van der Waals surface area contributed by atoms with Gasteiger partial charge in [-0.05, 0) is 38.8 Å². The lowest BCUT2D eigenvalue weighted by atomic mass is 10.0. The highest BCUT2D eigenvalue weighted by atomic mass is 32.2. The molecule has 0 aliphatic carbocycles. The molecule has 0 unspecified atom stereocenters. The average Bonchev–Trinajstić information content (AvgIpc) is 2.63. The number of rotatable bonds is 4. The number of carbonyl (C=O) groups excluding carboxylic acids is 2. The van der Waals surface area contributed by atoms with E-state index in [1.807, 2.05) is 36.2 Å². The molecule has 2 heterocycles. The zero-order valence-electron chi connectivity index (χ0n) is 15.3. The van der Waals surface area contributed by atoms with Crippen molar-refractivity contribution in [2.24, 2.45) is 0 Å². The van der Waals surface area contributed by atoms with E-state index in [0.29, 0.717) is 11.8 Å². The Labute approximate surface area is 154 Å². The summed E-state index contributed by atoms with van der Waals surface area (Å²) >= 11 is 1.55. The molecule has 2 aliphatic heterocycles. The zero-order chi connectivity index (χ0) is 18.0. The molecule has 2 aliphatic rings. The molecule has 0 spiro atoms. The standard InChI is InChI=1S/C19H27N3O2S/c1-14(2)21-10-8-15(9-11-21)20(3)18(23)12-22-16-6-4-5-7-17(16)25-13-19(22)24/h4-7,14-15H,8-13H2,1-3H3. The molecule has 0 radical (unpaired) electrons. The van der Waals surface area contributed by atoms with Crippen LogP contribution in [-0.4, -0.2) is 66.1 Å². The quantitative estimate of drug-likeness (QED) is 0.826. The summed E-state index contributed by atoms with van der Waals surface area (Å²) in [6.45, 7) is 6.63. The Bertz CT molecular complexity index is 641. The molecule has 2 amide bonds. The lowest BCUT2D eigenvalue weighted by Crippen LogP contribution is -2.50. The van der Waals surface area contributed by atoms with E-state index in [-0.39, 0.29) is 24.4 Å². The fraction of sp³-hybridized carbons (Fsp3) is 0.579. The van der Waals surface area contributed by atoms with Gasteiger partial charge in [-0.2, -0.15) is 0 Å². The van der Waals surface area contributed by atoms with Crippen molar-refractivity contribution in [3.05, 3.63) is 24.3 Å². The predicted molar refractivity (Wildman–Crippen MR) is 102 cm³/mol. The molecule has 0 saturated carbocycles. The van der Waals surface area contributed by atoms with Crippen LogP contribution in [0.4, 0.5) is 5.69 Å². The Morgan fingerprint density at radius 2 is 1.96 bits per heavy atom. The first-order chi connectivity index (χ1) is 12.0. The van der Waals surface area contributed by atoms with E-state index in [9.17, 15) is 9.59 Å². The molecule has 0 N–H and O–H groups in total. The Morgan fingerprint density at radius 3 is 2.64 bits per heavy atom. The van der Waals surface area contributed by atoms with Gasteiger partial charge in [0.25, 0.3) is 0 Å².